The van der Waals surface area contributed by atoms with Gasteiger partial charge in [-0.1, -0.05) is 59.4 Å². The first-order valence-corrected chi connectivity index (χ1v) is 12.2. The van der Waals surface area contributed by atoms with Crippen LogP contribution in [0.2, 0.25) is 10.0 Å². The number of rotatable bonds is 3. The molecule has 2 saturated carbocycles. The molecule has 146 valence electrons. The maximum atomic E-state index is 6.20. The largest absolute Gasteiger partial charge is 0.246 e. The van der Waals surface area contributed by atoms with Crippen molar-refractivity contribution >= 4 is 35.1 Å². The maximum Gasteiger partial charge on any atom is 0.0595 e. The Morgan fingerprint density at radius 3 is 2.64 bits per heavy atom. The molecular weight excluding hydrogens is 405 g/mol. The summed E-state index contributed by atoms with van der Waals surface area (Å²) in [5, 5.41) is 1.29. The third kappa shape index (κ3) is 2.71. The van der Waals surface area contributed by atoms with E-state index >= 15 is 0 Å². The molecule has 2 spiro atoms. The van der Waals surface area contributed by atoms with Crippen LogP contribution in [0.4, 0.5) is 0 Å². The van der Waals surface area contributed by atoms with E-state index in [0.717, 1.165) is 18.2 Å². The molecular formula is C24H25Cl2NS. The molecule has 2 fully saturated rings. The average Bonchev–Trinajstić information content (AvgIpc) is 3.58. The predicted octanol–water partition coefficient (Wildman–Crippen LogP) is 7.35. The van der Waals surface area contributed by atoms with Crippen LogP contribution in [0.25, 0.3) is 0 Å². The molecule has 4 aliphatic rings. The number of benzene rings is 2. The maximum absolute atomic E-state index is 6.20. The molecule has 0 N–H and O–H groups in total. The molecule has 0 amide bonds. The Kier molecular flexibility index (Phi) is 4.15. The topological polar surface area (TPSA) is 3.24 Å². The highest BCUT2D eigenvalue weighted by molar-refractivity contribution is 7.96. The minimum atomic E-state index is 0.567. The lowest BCUT2D eigenvalue weighted by Gasteiger charge is -2.40. The van der Waals surface area contributed by atoms with Gasteiger partial charge in [0.15, 0.2) is 0 Å². The van der Waals surface area contributed by atoms with Gasteiger partial charge in [-0.3, -0.25) is 0 Å². The van der Waals surface area contributed by atoms with Gasteiger partial charge in [-0.05, 0) is 84.2 Å². The second-order valence-electron chi connectivity index (χ2n) is 9.32. The average molecular weight is 430 g/mol. The van der Waals surface area contributed by atoms with Gasteiger partial charge in [0.25, 0.3) is 0 Å². The highest BCUT2D eigenvalue weighted by Crippen LogP contribution is 2.76. The zero-order chi connectivity index (χ0) is 18.9. The molecule has 6 rings (SSSR count). The zero-order valence-corrected chi connectivity index (χ0v) is 18.3. The van der Waals surface area contributed by atoms with Crippen molar-refractivity contribution in [2.45, 2.75) is 62.2 Å². The third-order valence-electron chi connectivity index (χ3n) is 7.85. The van der Waals surface area contributed by atoms with Crippen LogP contribution in [0.15, 0.2) is 36.4 Å². The molecule has 1 nitrogen and oxygen atoms in total. The van der Waals surface area contributed by atoms with Crippen molar-refractivity contribution in [3.05, 3.63) is 68.7 Å². The summed E-state index contributed by atoms with van der Waals surface area (Å²) in [5.74, 6) is 1.72. The van der Waals surface area contributed by atoms with Crippen LogP contribution in [0.3, 0.4) is 0 Å². The van der Waals surface area contributed by atoms with Crippen molar-refractivity contribution in [1.82, 2.24) is 4.31 Å². The molecule has 1 heterocycles. The quantitative estimate of drug-likeness (QED) is 0.469. The van der Waals surface area contributed by atoms with Gasteiger partial charge in [-0.2, -0.15) is 0 Å². The standard InChI is InChI=1S/C24H25Cl2NS/c25-20-5-4-16(12-21(20)26)15-28-27-11-6-17-13-23(7-8-23)24(9-10-24)19-3-1-2-18(14-27)22(17)19/h1-5,12,17H,6-11,13-15H2. The van der Waals surface area contributed by atoms with Gasteiger partial charge in [-0.15, -0.1) is 0 Å². The summed E-state index contributed by atoms with van der Waals surface area (Å²) in [7, 11) is 0. The summed E-state index contributed by atoms with van der Waals surface area (Å²) in [6.45, 7) is 2.24. The van der Waals surface area contributed by atoms with E-state index in [1.165, 1.54) is 50.6 Å². The molecule has 1 unspecified atom stereocenters. The normalized spacial score (nSPS) is 26.1. The van der Waals surface area contributed by atoms with Crippen LogP contribution < -0.4 is 0 Å². The first-order chi connectivity index (χ1) is 13.6. The Labute approximate surface area is 181 Å². The fourth-order valence-electron chi connectivity index (χ4n) is 6.18. The molecule has 2 aromatic carbocycles. The lowest BCUT2D eigenvalue weighted by Crippen LogP contribution is -2.32. The van der Waals surface area contributed by atoms with E-state index in [1.54, 1.807) is 16.7 Å². The molecule has 1 atom stereocenters. The van der Waals surface area contributed by atoms with Crippen LogP contribution in [0.1, 0.15) is 66.7 Å². The fraction of sp³-hybridized carbons (Fsp3) is 0.500. The summed E-state index contributed by atoms with van der Waals surface area (Å²) in [6, 6.07) is 13.2. The van der Waals surface area contributed by atoms with E-state index in [2.05, 4.69) is 28.6 Å². The van der Waals surface area contributed by atoms with Crippen LogP contribution in [-0.2, 0) is 17.7 Å². The molecule has 2 aromatic rings. The SMILES string of the molecule is Clc1ccc(CSN2CCC3CC4(CC4)C4(CC4)c4cccc(c43)C2)cc1Cl. The van der Waals surface area contributed by atoms with E-state index in [-0.39, 0.29) is 0 Å². The molecule has 4 heteroatoms. The summed E-state index contributed by atoms with van der Waals surface area (Å²) in [5.41, 5.74) is 7.56. The fourth-order valence-corrected chi connectivity index (χ4v) is 7.48. The van der Waals surface area contributed by atoms with E-state index < -0.39 is 0 Å². The van der Waals surface area contributed by atoms with E-state index in [1.807, 2.05) is 24.1 Å². The molecule has 0 bridgehead atoms. The third-order valence-corrected chi connectivity index (χ3v) is 9.73. The first kappa shape index (κ1) is 18.1. The smallest absolute Gasteiger partial charge is 0.0595 e. The highest BCUT2D eigenvalue weighted by atomic mass is 35.5. The Hall–Kier alpha value is -0.670. The molecule has 0 radical (unpaired) electrons. The lowest BCUT2D eigenvalue weighted by molar-refractivity contribution is 0.282. The van der Waals surface area contributed by atoms with Gasteiger partial charge in [0.1, 0.15) is 0 Å². The van der Waals surface area contributed by atoms with Gasteiger partial charge < -0.3 is 0 Å². The molecule has 28 heavy (non-hydrogen) atoms. The monoisotopic (exact) mass is 429 g/mol. The number of hydrogen-bond donors (Lipinski definition) is 0. The summed E-state index contributed by atoms with van der Waals surface area (Å²) >= 11 is 14.2. The second kappa shape index (κ2) is 6.41. The van der Waals surface area contributed by atoms with Crippen LogP contribution in [-0.4, -0.2) is 10.8 Å². The van der Waals surface area contributed by atoms with Crippen molar-refractivity contribution in [1.29, 1.82) is 0 Å². The van der Waals surface area contributed by atoms with Crippen molar-refractivity contribution < 1.29 is 0 Å². The van der Waals surface area contributed by atoms with Gasteiger partial charge >= 0.3 is 0 Å². The van der Waals surface area contributed by atoms with Gasteiger partial charge in [-0.25, -0.2) is 4.31 Å². The Morgan fingerprint density at radius 2 is 1.89 bits per heavy atom. The molecule has 0 aromatic heterocycles. The summed E-state index contributed by atoms with van der Waals surface area (Å²) in [4.78, 5) is 0. The second-order valence-corrected chi connectivity index (χ2v) is 11.2. The van der Waals surface area contributed by atoms with Crippen molar-refractivity contribution in [2.75, 3.05) is 6.54 Å². The predicted molar refractivity (Wildman–Crippen MR) is 119 cm³/mol. The number of halogens is 2. The van der Waals surface area contributed by atoms with Gasteiger partial charge in [0.05, 0.1) is 10.0 Å². The molecule has 3 aliphatic carbocycles. The Morgan fingerprint density at radius 1 is 1.04 bits per heavy atom. The van der Waals surface area contributed by atoms with Crippen molar-refractivity contribution in [2.24, 2.45) is 5.41 Å². The van der Waals surface area contributed by atoms with Crippen molar-refractivity contribution in [3.63, 3.8) is 0 Å². The Balaban J connectivity index is 1.26. The molecule has 1 aliphatic heterocycles. The van der Waals surface area contributed by atoms with Gasteiger partial charge in [0.2, 0.25) is 0 Å². The minimum Gasteiger partial charge on any atom is -0.246 e. The number of nitrogens with zero attached hydrogens (tertiary/aromatic N) is 1. The lowest BCUT2D eigenvalue weighted by atomic mass is 9.64. The van der Waals surface area contributed by atoms with E-state index in [9.17, 15) is 0 Å². The van der Waals surface area contributed by atoms with Crippen molar-refractivity contribution in [3.8, 4) is 0 Å². The highest BCUT2D eigenvalue weighted by Gasteiger charge is 2.68. The van der Waals surface area contributed by atoms with Crippen LogP contribution >= 0.6 is 35.1 Å². The zero-order valence-electron chi connectivity index (χ0n) is 16.0. The minimum absolute atomic E-state index is 0.567. The summed E-state index contributed by atoms with van der Waals surface area (Å²) in [6.07, 6.45) is 8.57. The number of hydrogen-bond acceptors (Lipinski definition) is 2. The van der Waals surface area contributed by atoms with E-state index in [4.69, 9.17) is 23.2 Å². The van der Waals surface area contributed by atoms with E-state index in [0.29, 0.717) is 20.9 Å². The summed E-state index contributed by atoms with van der Waals surface area (Å²) < 4.78 is 2.58. The first-order valence-electron chi connectivity index (χ1n) is 10.5. The Bertz CT molecular complexity index is 948. The van der Waals surface area contributed by atoms with Crippen LogP contribution in [0, 0.1) is 5.41 Å². The van der Waals surface area contributed by atoms with Gasteiger partial charge in [0, 0.05) is 24.3 Å². The number of fused-ring (bicyclic) bond motifs is 2. The molecule has 0 saturated heterocycles. The van der Waals surface area contributed by atoms with Crippen LogP contribution in [0.5, 0.6) is 0 Å².